The summed E-state index contributed by atoms with van der Waals surface area (Å²) in [4.78, 5) is 7.18. The Morgan fingerprint density at radius 3 is 2.20 bits per heavy atom. The monoisotopic (exact) mass is 528 g/mol. The van der Waals surface area contributed by atoms with Crippen molar-refractivity contribution in [2.24, 2.45) is 0 Å². The van der Waals surface area contributed by atoms with Gasteiger partial charge in [-0.1, -0.05) is 84.9 Å². The molecule has 6 aromatic carbocycles. The average Bonchev–Trinajstić information content (AvgIpc) is 3.41. The van der Waals surface area contributed by atoms with Gasteiger partial charge in [-0.25, -0.2) is 0 Å². The number of anilines is 3. The van der Waals surface area contributed by atoms with Crippen LogP contribution in [0.4, 0.5) is 17.1 Å². The summed E-state index contributed by atoms with van der Waals surface area (Å²) in [6.07, 6.45) is 1.97. The zero-order valence-electron chi connectivity index (χ0n) is 21.7. The summed E-state index contributed by atoms with van der Waals surface area (Å²) in [5, 5.41) is 7.34. The van der Waals surface area contributed by atoms with Crippen LogP contribution < -0.4 is 4.90 Å². The Bertz CT molecular complexity index is 2180. The number of aromatic nitrogens is 1. The maximum absolute atomic E-state index is 4.78. The molecular formula is C37H24N2S. The maximum atomic E-state index is 4.78. The summed E-state index contributed by atoms with van der Waals surface area (Å²) < 4.78 is 2.61. The van der Waals surface area contributed by atoms with E-state index in [4.69, 9.17) is 4.98 Å². The molecule has 0 spiro atoms. The van der Waals surface area contributed by atoms with Crippen molar-refractivity contribution in [1.29, 1.82) is 0 Å². The van der Waals surface area contributed by atoms with Gasteiger partial charge in [0, 0.05) is 48.7 Å². The predicted octanol–water partition coefficient (Wildman–Crippen LogP) is 10.9. The first-order valence-corrected chi connectivity index (χ1v) is 14.3. The first kappa shape index (κ1) is 22.9. The van der Waals surface area contributed by atoms with Gasteiger partial charge in [0.25, 0.3) is 0 Å². The van der Waals surface area contributed by atoms with Crippen LogP contribution in [0.5, 0.6) is 0 Å². The van der Waals surface area contributed by atoms with Gasteiger partial charge in [0.1, 0.15) is 0 Å². The van der Waals surface area contributed by atoms with Crippen LogP contribution in [0.2, 0.25) is 0 Å². The number of nitrogens with zero attached hydrogens (tertiary/aromatic N) is 2. The Balaban J connectivity index is 1.32. The second kappa shape index (κ2) is 9.33. The number of rotatable bonds is 4. The molecule has 0 aliphatic rings. The third kappa shape index (κ3) is 3.83. The number of hydrogen-bond acceptors (Lipinski definition) is 3. The highest BCUT2D eigenvalue weighted by atomic mass is 32.1. The summed E-state index contributed by atoms with van der Waals surface area (Å²) >= 11 is 1.85. The quantitative estimate of drug-likeness (QED) is 0.226. The molecule has 40 heavy (non-hydrogen) atoms. The summed E-state index contributed by atoms with van der Waals surface area (Å²) in [5.74, 6) is 0. The molecule has 8 rings (SSSR count). The Labute approximate surface area is 236 Å². The number of fused-ring (bicyclic) bond motifs is 5. The van der Waals surface area contributed by atoms with E-state index in [1.54, 1.807) is 0 Å². The highest BCUT2D eigenvalue weighted by molar-refractivity contribution is 7.26. The molecule has 3 heteroatoms. The number of hydrogen-bond donors (Lipinski definition) is 0. The van der Waals surface area contributed by atoms with Crippen molar-refractivity contribution in [1.82, 2.24) is 4.98 Å². The van der Waals surface area contributed by atoms with E-state index in [1.807, 2.05) is 17.5 Å². The smallest absolute Gasteiger partial charge is 0.0708 e. The van der Waals surface area contributed by atoms with Crippen molar-refractivity contribution in [2.75, 3.05) is 4.90 Å². The molecule has 0 N–H and O–H groups in total. The maximum Gasteiger partial charge on any atom is 0.0708 e. The zero-order chi connectivity index (χ0) is 26.5. The molecule has 0 saturated heterocycles. The largest absolute Gasteiger partial charge is 0.310 e. The summed E-state index contributed by atoms with van der Waals surface area (Å²) in [7, 11) is 0. The lowest BCUT2D eigenvalue weighted by atomic mass is 10.0. The second-order valence-corrected chi connectivity index (χ2v) is 11.2. The molecule has 2 heterocycles. The van der Waals surface area contributed by atoms with E-state index in [1.165, 1.54) is 42.0 Å². The Morgan fingerprint density at radius 1 is 0.500 bits per heavy atom. The molecule has 0 aliphatic carbocycles. The summed E-state index contributed by atoms with van der Waals surface area (Å²) in [5.41, 5.74) is 5.56. The van der Waals surface area contributed by atoms with E-state index in [2.05, 4.69) is 144 Å². The highest BCUT2D eigenvalue weighted by Gasteiger charge is 2.18. The van der Waals surface area contributed by atoms with Gasteiger partial charge >= 0.3 is 0 Å². The molecular weight excluding hydrogens is 504 g/mol. The predicted molar refractivity (Wildman–Crippen MR) is 172 cm³/mol. The van der Waals surface area contributed by atoms with Crippen LogP contribution in [0.1, 0.15) is 0 Å². The normalized spacial score (nSPS) is 11.5. The van der Waals surface area contributed by atoms with E-state index >= 15 is 0 Å². The standard InChI is InChI=1S/C37H24N2S/c1-2-11-30(12-3-1)39(34-14-8-16-36-37(34)32-13-6-7-15-35(32)40-36)31-20-19-25-17-18-27(21-29(25)22-31)33-23-26-9-4-5-10-28(26)24-38-33/h1-24H. The van der Waals surface area contributed by atoms with Crippen LogP contribution in [-0.2, 0) is 0 Å². The minimum Gasteiger partial charge on any atom is -0.310 e. The van der Waals surface area contributed by atoms with Crippen LogP contribution >= 0.6 is 11.3 Å². The van der Waals surface area contributed by atoms with Gasteiger partial charge in [0.15, 0.2) is 0 Å². The fourth-order valence-corrected chi connectivity index (χ4v) is 6.85. The lowest BCUT2D eigenvalue weighted by molar-refractivity contribution is 1.31. The molecule has 0 bridgehead atoms. The molecule has 8 aromatic rings. The first-order valence-electron chi connectivity index (χ1n) is 13.5. The lowest BCUT2D eigenvalue weighted by Gasteiger charge is -2.27. The fourth-order valence-electron chi connectivity index (χ4n) is 5.72. The van der Waals surface area contributed by atoms with Crippen molar-refractivity contribution in [2.45, 2.75) is 0 Å². The van der Waals surface area contributed by atoms with Crippen LogP contribution in [0.3, 0.4) is 0 Å². The van der Waals surface area contributed by atoms with Crippen molar-refractivity contribution in [3.8, 4) is 11.3 Å². The van der Waals surface area contributed by atoms with E-state index in [-0.39, 0.29) is 0 Å². The van der Waals surface area contributed by atoms with Gasteiger partial charge in [0.2, 0.25) is 0 Å². The fraction of sp³-hybridized carbons (Fsp3) is 0. The topological polar surface area (TPSA) is 16.1 Å². The SMILES string of the molecule is c1ccc(N(c2ccc3ccc(-c4cc5ccccc5cn4)cc3c2)c2cccc3sc4ccccc4c23)cc1. The lowest BCUT2D eigenvalue weighted by Crippen LogP contribution is -2.10. The molecule has 0 amide bonds. The summed E-state index contributed by atoms with van der Waals surface area (Å²) in [6, 6.07) is 50.0. The van der Waals surface area contributed by atoms with Gasteiger partial charge < -0.3 is 4.90 Å². The van der Waals surface area contributed by atoms with Crippen molar-refractivity contribution >= 4 is 70.1 Å². The van der Waals surface area contributed by atoms with Crippen LogP contribution in [-0.4, -0.2) is 4.98 Å². The van der Waals surface area contributed by atoms with E-state index < -0.39 is 0 Å². The van der Waals surface area contributed by atoms with E-state index in [0.717, 1.165) is 28.0 Å². The second-order valence-electron chi connectivity index (χ2n) is 10.1. The Morgan fingerprint density at radius 2 is 1.27 bits per heavy atom. The van der Waals surface area contributed by atoms with Crippen LogP contribution in [0.15, 0.2) is 146 Å². The van der Waals surface area contributed by atoms with Crippen molar-refractivity contribution < 1.29 is 0 Å². The molecule has 0 radical (unpaired) electrons. The number of para-hydroxylation sites is 1. The minimum absolute atomic E-state index is 0.987. The van der Waals surface area contributed by atoms with Gasteiger partial charge in [0.05, 0.1) is 11.4 Å². The molecule has 0 saturated carbocycles. The van der Waals surface area contributed by atoms with E-state index in [9.17, 15) is 0 Å². The molecule has 0 aliphatic heterocycles. The first-order chi connectivity index (χ1) is 19.8. The third-order valence-electron chi connectivity index (χ3n) is 7.64. The number of pyridine rings is 1. The zero-order valence-corrected chi connectivity index (χ0v) is 22.5. The van der Waals surface area contributed by atoms with Gasteiger partial charge in [-0.2, -0.15) is 0 Å². The minimum atomic E-state index is 0.987. The summed E-state index contributed by atoms with van der Waals surface area (Å²) in [6.45, 7) is 0. The molecule has 2 nitrogen and oxygen atoms in total. The third-order valence-corrected chi connectivity index (χ3v) is 8.78. The number of thiophene rings is 1. The highest BCUT2D eigenvalue weighted by Crippen LogP contribution is 2.45. The van der Waals surface area contributed by atoms with E-state index in [0.29, 0.717) is 0 Å². The average molecular weight is 529 g/mol. The van der Waals surface area contributed by atoms with Gasteiger partial charge in [-0.15, -0.1) is 11.3 Å². The van der Waals surface area contributed by atoms with Gasteiger partial charge in [-0.3, -0.25) is 4.98 Å². The molecule has 2 aromatic heterocycles. The molecule has 0 fully saturated rings. The molecule has 0 unspecified atom stereocenters. The molecule has 188 valence electrons. The Hall–Kier alpha value is -4.99. The number of benzene rings is 6. The van der Waals surface area contributed by atoms with Crippen LogP contribution in [0.25, 0.3) is 53.0 Å². The Kier molecular flexibility index (Phi) is 5.35. The van der Waals surface area contributed by atoms with Crippen molar-refractivity contribution in [3.05, 3.63) is 146 Å². The van der Waals surface area contributed by atoms with Crippen molar-refractivity contribution in [3.63, 3.8) is 0 Å². The van der Waals surface area contributed by atoms with Gasteiger partial charge in [-0.05, 0) is 70.8 Å². The van der Waals surface area contributed by atoms with Crippen LogP contribution in [0, 0.1) is 0 Å². The molecule has 0 atom stereocenters.